The maximum absolute atomic E-state index is 12.2. The normalized spacial score (nSPS) is 11.0. The number of rotatable bonds is 4. The van der Waals surface area contributed by atoms with Crippen LogP contribution in [0.1, 0.15) is 16.2 Å². The van der Waals surface area contributed by atoms with Crippen molar-refractivity contribution in [2.45, 2.75) is 6.61 Å². The minimum absolute atomic E-state index is 0.0715. The van der Waals surface area contributed by atoms with Crippen molar-refractivity contribution in [3.8, 4) is 10.8 Å². The molecule has 8 heteroatoms. The van der Waals surface area contributed by atoms with Crippen molar-refractivity contribution in [3.63, 3.8) is 0 Å². The van der Waals surface area contributed by atoms with E-state index in [2.05, 4.69) is 31.1 Å². The van der Waals surface area contributed by atoms with E-state index in [-0.39, 0.29) is 12.5 Å². The second-order valence-electron chi connectivity index (χ2n) is 4.93. The summed E-state index contributed by atoms with van der Waals surface area (Å²) >= 11 is 4.87. The fraction of sp³-hybridized carbons (Fsp3) is 0.0625. The highest BCUT2D eigenvalue weighted by Gasteiger charge is 2.16. The van der Waals surface area contributed by atoms with E-state index in [0.29, 0.717) is 11.5 Å². The number of nitrogens with zero attached hydrogens (tertiary/aromatic N) is 2. The summed E-state index contributed by atoms with van der Waals surface area (Å²) in [7, 11) is 0. The second-order valence-corrected chi connectivity index (χ2v) is 7.39. The van der Waals surface area contributed by atoms with Crippen LogP contribution in [0.15, 0.2) is 50.8 Å². The summed E-state index contributed by atoms with van der Waals surface area (Å²) in [6, 6.07) is 11.3. The van der Waals surface area contributed by atoms with Crippen LogP contribution in [0.3, 0.4) is 0 Å². The smallest absolute Gasteiger partial charge is 0.340 e. The molecule has 0 amide bonds. The quantitative estimate of drug-likeness (QED) is 0.510. The van der Waals surface area contributed by atoms with Gasteiger partial charge in [-0.1, -0.05) is 18.2 Å². The van der Waals surface area contributed by atoms with Gasteiger partial charge in [0.1, 0.15) is 0 Å². The Balaban J connectivity index is 1.47. The molecule has 120 valence electrons. The zero-order valence-corrected chi connectivity index (χ0v) is 14.6. The van der Waals surface area contributed by atoms with Crippen LogP contribution in [0.25, 0.3) is 21.7 Å². The number of aromatic amines is 1. The molecular weight excluding hydrogens is 394 g/mol. The number of esters is 1. The number of thiophene rings is 1. The van der Waals surface area contributed by atoms with Crippen LogP contribution >= 0.6 is 27.3 Å². The van der Waals surface area contributed by atoms with Crippen molar-refractivity contribution >= 4 is 44.1 Å². The van der Waals surface area contributed by atoms with Gasteiger partial charge in [-0.2, -0.15) is 0 Å². The molecule has 0 atom stereocenters. The van der Waals surface area contributed by atoms with E-state index < -0.39 is 5.97 Å². The van der Waals surface area contributed by atoms with E-state index in [1.165, 1.54) is 11.3 Å². The minimum Gasteiger partial charge on any atom is -0.452 e. The number of carbonyl (C=O) groups excluding carboxylic acids is 1. The SMILES string of the molecule is O=C(OCc1nnc(-c2ccc(Br)s2)o1)c1c[nH]c2ccccc12. The van der Waals surface area contributed by atoms with Crippen LogP contribution in [0.5, 0.6) is 0 Å². The van der Waals surface area contributed by atoms with E-state index in [4.69, 9.17) is 9.15 Å². The molecule has 0 radical (unpaired) electrons. The Hall–Kier alpha value is -2.45. The summed E-state index contributed by atoms with van der Waals surface area (Å²) in [5.74, 6) is 0.220. The van der Waals surface area contributed by atoms with Gasteiger partial charge in [0.2, 0.25) is 0 Å². The van der Waals surface area contributed by atoms with Crippen LogP contribution < -0.4 is 0 Å². The van der Waals surface area contributed by atoms with Crippen molar-refractivity contribution < 1.29 is 13.9 Å². The molecule has 0 aliphatic carbocycles. The Bertz CT molecular complexity index is 1020. The fourth-order valence-corrected chi connectivity index (χ4v) is 3.59. The van der Waals surface area contributed by atoms with Gasteiger partial charge in [-0.15, -0.1) is 21.5 Å². The summed E-state index contributed by atoms with van der Waals surface area (Å²) in [5, 5.41) is 8.69. The average Bonchev–Trinajstić information content (AvgIpc) is 3.31. The number of hydrogen-bond acceptors (Lipinski definition) is 6. The van der Waals surface area contributed by atoms with Crippen molar-refractivity contribution in [1.82, 2.24) is 15.2 Å². The van der Waals surface area contributed by atoms with Gasteiger partial charge in [-0.05, 0) is 34.1 Å². The molecule has 1 aromatic carbocycles. The van der Waals surface area contributed by atoms with Gasteiger partial charge in [-0.25, -0.2) is 4.79 Å². The lowest BCUT2D eigenvalue weighted by Gasteiger charge is -2.00. The molecule has 0 bridgehead atoms. The predicted octanol–water partition coefficient (Wildman–Crippen LogP) is 4.40. The molecule has 0 unspecified atom stereocenters. The number of carbonyl (C=O) groups is 1. The molecule has 0 spiro atoms. The first-order chi connectivity index (χ1) is 11.7. The number of aromatic nitrogens is 3. The molecule has 3 heterocycles. The Morgan fingerprint density at radius 1 is 1.25 bits per heavy atom. The van der Waals surface area contributed by atoms with E-state index >= 15 is 0 Å². The lowest BCUT2D eigenvalue weighted by Crippen LogP contribution is -2.04. The number of hydrogen-bond donors (Lipinski definition) is 1. The molecule has 0 aliphatic heterocycles. The summed E-state index contributed by atoms with van der Waals surface area (Å²) in [6.45, 7) is -0.0715. The fourth-order valence-electron chi connectivity index (χ4n) is 2.29. The monoisotopic (exact) mass is 403 g/mol. The van der Waals surface area contributed by atoms with E-state index in [1.54, 1.807) is 6.20 Å². The number of halogens is 1. The Kier molecular flexibility index (Phi) is 3.91. The van der Waals surface area contributed by atoms with Gasteiger partial charge < -0.3 is 14.1 Å². The molecule has 0 fully saturated rings. The molecule has 6 nitrogen and oxygen atoms in total. The zero-order valence-electron chi connectivity index (χ0n) is 12.2. The first-order valence-electron chi connectivity index (χ1n) is 7.02. The largest absolute Gasteiger partial charge is 0.452 e. The number of fused-ring (bicyclic) bond motifs is 1. The summed E-state index contributed by atoms with van der Waals surface area (Å²) in [4.78, 5) is 16.1. The van der Waals surface area contributed by atoms with Crippen LogP contribution in [0, 0.1) is 0 Å². The number of ether oxygens (including phenoxy) is 1. The van der Waals surface area contributed by atoms with Crippen LogP contribution in [0.4, 0.5) is 0 Å². The van der Waals surface area contributed by atoms with Crippen molar-refractivity contribution in [2.24, 2.45) is 0 Å². The Morgan fingerprint density at radius 3 is 2.96 bits per heavy atom. The van der Waals surface area contributed by atoms with Gasteiger partial charge in [0.05, 0.1) is 14.2 Å². The highest BCUT2D eigenvalue weighted by atomic mass is 79.9. The third-order valence-corrected chi connectivity index (χ3v) is 5.00. The molecule has 0 saturated heterocycles. The van der Waals surface area contributed by atoms with Gasteiger partial charge >= 0.3 is 5.97 Å². The third kappa shape index (κ3) is 2.85. The number of benzene rings is 1. The predicted molar refractivity (Wildman–Crippen MR) is 92.7 cm³/mol. The van der Waals surface area contributed by atoms with Crippen molar-refractivity contribution in [2.75, 3.05) is 0 Å². The van der Waals surface area contributed by atoms with Gasteiger partial charge in [0.15, 0.2) is 6.61 Å². The first kappa shape index (κ1) is 15.1. The van der Waals surface area contributed by atoms with E-state index in [0.717, 1.165) is 19.6 Å². The van der Waals surface area contributed by atoms with Crippen LogP contribution in [-0.2, 0) is 11.3 Å². The summed E-state index contributed by atoms with van der Waals surface area (Å²) in [6.07, 6.45) is 1.63. The minimum atomic E-state index is -0.439. The van der Waals surface area contributed by atoms with Gasteiger partial charge in [0.25, 0.3) is 11.8 Å². The van der Waals surface area contributed by atoms with Gasteiger partial charge in [0, 0.05) is 17.1 Å². The maximum Gasteiger partial charge on any atom is 0.340 e. The van der Waals surface area contributed by atoms with E-state index in [1.807, 2.05) is 36.4 Å². The molecule has 1 N–H and O–H groups in total. The Morgan fingerprint density at radius 2 is 2.12 bits per heavy atom. The molecule has 4 rings (SSSR count). The highest BCUT2D eigenvalue weighted by Crippen LogP contribution is 2.30. The van der Waals surface area contributed by atoms with Crippen LogP contribution in [0.2, 0.25) is 0 Å². The third-order valence-electron chi connectivity index (χ3n) is 3.39. The second kappa shape index (κ2) is 6.21. The van der Waals surface area contributed by atoms with E-state index in [9.17, 15) is 4.79 Å². The first-order valence-corrected chi connectivity index (χ1v) is 8.63. The molecular formula is C16H10BrN3O3S. The van der Waals surface area contributed by atoms with Crippen molar-refractivity contribution in [1.29, 1.82) is 0 Å². The van der Waals surface area contributed by atoms with Crippen LogP contribution in [-0.4, -0.2) is 21.2 Å². The van der Waals surface area contributed by atoms with Gasteiger partial charge in [-0.3, -0.25) is 0 Å². The molecule has 0 aliphatic rings. The summed E-state index contributed by atoms with van der Waals surface area (Å²) in [5.41, 5.74) is 1.36. The zero-order chi connectivity index (χ0) is 16.5. The Labute approximate surface area is 148 Å². The number of para-hydroxylation sites is 1. The topological polar surface area (TPSA) is 81.0 Å². The highest BCUT2D eigenvalue weighted by molar-refractivity contribution is 9.11. The molecule has 4 aromatic rings. The molecule has 0 saturated carbocycles. The number of nitrogens with one attached hydrogen (secondary N) is 1. The van der Waals surface area contributed by atoms with Crippen molar-refractivity contribution in [3.05, 3.63) is 57.8 Å². The lowest BCUT2D eigenvalue weighted by molar-refractivity contribution is 0.0441. The molecule has 24 heavy (non-hydrogen) atoms. The number of H-pyrrole nitrogens is 1. The lowest BCUT2D eigenvalue weighted by atomic mass is 10.2. The maximum atomic E-state index is 12.2. The average molecular weight is 404 g/mol. The molecule has 3 aromatic heterocycles. The summed E-state index contributed by atoms with van der Waals surface area (Å²) < 4.78 is 11.8. The standard InChI is InChI=1S/C16H10BrN3O3S/c17-13-6-5-12(24-13)15-20-19-14(23-15)8-22-16(21)10-7-18-11-4-2-1-3-9(10)11/h1-7,18H,8H2.